The number of ketones is 1. The highest BCUT2D eigenvalue weighted by molar-refractivity contribution is 5.97. The summed E-state index contributed by atoms with van der Waals surface area (Å²) in [6.45, 7) is 0.0384. The van der Waals surface area contributed by atoms with Gasteiger partial charge in [-0.25, -0.2) is 4.79 Å². The summed E-state index contributed by atoms with van der Waals surface area (Å²) in [6, 6.07) is 4.26. The number of hydrogen-bond acceptors (Lipinski definition) is 4. The zero-order valence-electron chi connectivity index (χ0n) is 10.1. The summed E-state index contributed by atoms with van der Waals surface area (Å²) in [5.74, 6) is -0.736. The third-order valence-corrected chi connectivity index (χ3v) is 2.90. The van der Waals surface area contributed by atoms with E-state index in [0.717, 1.165) is 4.90 Å². The highest BCUT2D eigenvalue weighted by Crippen LogP contribution is 2.08. The summed E-state index contributed by atoms with van der Waals surface area (Å²) < 4.78 is 0. The largest absolute Gasteiger partial charge is 0.465 e. The first-order valence-corrected chi connectivity index (χ1v) is 5.80. The number of carbonyl (C=O) groups is 3. The van der Waals surface area contributed by atoms with Crippen LogP contribution in [-0.4, -0.2) is 51.9 Å². The Balaban J connectivity index is 1.96. The second-order valence-electron chi connectivity index (χ2n) is 4.20. The lowest BCUT2D eigenvalue weighted by Gasteiger charge is -2.29. The lowest BCUT2D eigenvalue weighted by molar-refractivity contribution is -0.123. The topological polar surface area (TPSA) is 99.6 Å². The van der Waals surface area contributed by atoms with E-state index in [1.54, 1.807) is 18.2 Å². The number of hydrogen-bond donors (Lipinski definition) is 2. The summed E-state index contributed by atoms with van der Waals surface area (Å²) in [7, 11) is 0. The van der Waals surface area contributed by atoms with Gasteiger partial charge >= 0.3 is 6.09 Å². The molecule has 100 valence electrons. The lowest BCUT2D eigenvalue weighted by atomic mass is 10.0. The number of Topliss-reactive ketones (excluding diaryl/α,β-unsaturated/α-hetero) is 1. The Morgan fingerprint density at radius 2 is 2.21 bits per heavy atom. The first kappa shape index (κ1) is 13.0. The number of pyridine rings is 1. The van der Waals surface area contributed by atoms with E-state index in [4.69, 9.17) is 5.11 Å². The van der Waals surface area contributed by atoms with Crippen molar-refractivity contribution in [2.75, 3.05) is 13.1 Å². The van der Waals surface area contributed by atoms with Gasteiger partial charge in [-0.15, -0.1) is 0 Å². The second-order valence-corrected chi connectivity index (χ2v) is 4.20. The number of aromatic nitrogens is 1. The molecule has 2 N–H and O–H groups in total. The quantitative estimate of drug-likeness (QED) is 0.790. The maximum atomic E-state index is 11.8. The molecule has 1 aromatic heterocycles. The molecule has 7 heteroatoms. The molecule has 0 spiro atoms. The molecule has 19 heavy (non-hydrogen) atoms. The van der Waals surface area contributed by atoms with Crippen LogP contribution in [0.25, 0.3) is 0 Å². The van der Waals surface area contributed by atoms with Crippen molar-refractivity contribution >= 4 is 17.8 Å². The molecule has 7 nitrogen and oxygen atoms in total. The average molecular weight is 263 g/mol. The number of nitrogens with one attached hydrogen (secondary N) is 1. The minimum atomic E-state index is -1.12. The monoisotopic (exact) mass is 263 g/mol. The van der Waals surface area contributed by atoms with Crippen LogP contribution in [0.3, 0.4) is 0 Å². The lowest BCUT2D eigenvalue weighted by Crippen LogP contribution is -2.52. The van der Waals surface area contributed by atoms with Crippen molar-refractivity contribution in [2.45, 2.75) is 12.5 Å². The molecule has 2 amide bonds. The summed E-state index contributed by atoms with van der Waals surface area (Å²) in [5.41, 5.74) is 0.232. The Hall–Kier alpha value is -2.44. The fourth-order valence-corrected chi connectivity index (χ4v) is 1.87. The van der Waals surface area contributed by atoms with E-state index < -0.39 is 18.0 Å². The molecule has 2 rings (SSSR count). The molecule has 1 aliphatic rings. The van der Waals surface area contributed by atoms with Crippen LogP contribution < -0.4 is 5.32 Å². The van der Waals surface area contributed by atoms with Gasteiger partial charge < -0.3 is 15.3 Å². The van der Waals surface area contributed by atoms with Gasteiger partial charge in [0.1, 0.15) is 5.69 Å². The van der Waals surface area contributed by atoms with Crippen LogP contribution in [0.15, 0.2) is 24.4 Å². The molecule has 1 atom stereocenters. The molecule has 1 saturated heterocycles. The standard InChI is InChI=1S/C12H13N3O4/c16-10-7-15(12(18)19)6-4-8(10)14-11(17)9-3-1-2-5-13-9/h1-3,5,8H,4,6-7H2,(H,14,17)(H,18,19). The van der Waals surface area contributed by atoms with Crippen molar-refractivity contribution < 1.29 is 19.5 Å². The minimum Gasteiger partial charge on any atom is -0.465 e. The van der Waals surface area contributed by atoms with E-state index in [1.807, 2.05) is 0 Å². The normalized spacial score (nSPS) is 19.1. The second kappa shape index (κ2) is 5.47. The molecule has 1 unspecified atom stereocenters. The maximum Gasteiger partial charge on any atom is 0.407 e. The summed E-state index contributed by atoms with van der Waals surface area (Å²) in [4.78, 5) is 39.2. The predicted molar refractivity (Wildman–Crippen MR) is 64.7 cm³/mol. The number of amides is 2. The van der Waals surface area contributed by atoms with Gasteiger partial charge in [0.05, 0.1) is 12.6 Å². The first-order valence-electron chi connectivity index (χ1n) is 5.80. The summed E-state index contributed by atoms with van der Waals surface area (Å²) in [6.07, 6.45) is 0.649. The van der Waals surface area contributed by atoms with Crippen LogP contribution in [0.4, 0.5) is 4.79 Å². The fraction of sp³-hybridized carbons (Fsp3) is 0.333. The molecule has 1 fully saturated rings. The van der Waals surface area contributed by atoms with Gasteiger partial charge in [-0.05, 0) is 18.6 Å². The maximum absolute atomic E-state index is 11.8. The Morgan fingerprint density at radius 3 is 2.79 bits per heavy atom. The van der Waals surface area contributed by atoms with Crippen LogP contribution >= 0.6 is 0 Å². The van der Waals surface area contributed by atoms with Crippen molar-refractivity contribution in [3.63, 3.8) is 0 Å². The third-order valence-electron chi connectivity index (χ3n) is 2.90. The first-order chi connectivity index (χ1) is 9.08. The highest BCUT2D eigenvalue weighted by atomic mass is 16.4. The molecule has 0 saturated carbocycles. The third kappa shape index (κ3) is 3.06. The SMILES string of the molecule is O=C(NC1CCN(C(=O)O)CC1=O)c1ccccn1. The molecule has 0 bridgehead atoms. The van der Waals surface area contributed by atoms with Crippen molar-refractivity contribution in [3.8, 4) is 0 Å². The van der Waals surface area contributed by atoms with Gasteiger partial charge in [0, 0.05) is 12.7 Å². The number of rotatable bonds is 2. The fourth-order valence-electron chi connectivity index (χ4n) is 1.87. The van der Waals surface area contributed by atoms with Gasteiger partial charge in [0.25, 0.3) is 5.91 Å². The molecule has 0 aromatic carbocycles. The van der Waals surface area contributed by atoms with Crippen LogP contribution in [0.2, 0.25) is 0 Å². The number of likely N-dealkylation sites (tertiary alicyclic amines) is 1. The number of carbonyl (C=O) groups excluding carboxylic acids is 2. The van der Waals surface area contributed by atoms with E-state index in [0.29, 0.717) is 0 Å². The van der Waals surface area contributed by atoms with Gasteiger partial charge in [0.2, 0.25) is 0 Å². The van der Waals surface area contributed by atoms with E-state index in [1.165, 1.54) is 6.20 Å². The van der Waals surface area contributed by atoms with E-state index >= 15 is 0 Å². The van der Waals surface area contributed by atoms with E-state index in [9.17, 15) is 14.4 Å². The smallest absolute Gasteiger partial charge is 0.407 e. The predicted octanol–water partition coefficient (Wildman–Crippen LogP) is 0.133. The van der Waals surface area contributed by atoms with Crippen molar-refractivity contribution in [2.24, 2.45) is 0 Å². The molecule has 1 aromatic rings. The Kier molecular flexibility index (Phi) is 3.74. The molecule has 0 aliphatic carbocycles. The van der Waals surface area contributed by atoms with Crippen LogP contribution in [0.1, 0.15) is 16.9 Å². The molecule has 2 heterocycles. The van der Waals surface area contributed by atoms with Gasteiger partial charge in [-0.2, -0.15) is 0 Å². The Morgan fingerprint density at radius 1 is 1.42 bits per heavy atom. The van der Waals surface area contributed by atoms with Crippen LogP contribution in [0, 0.1) is 0 Å². The number of piperidine rings is 1. The summed E-state index contributed by atoms with van der Waals surface area (Å²) in [5, 5.41) is 11.4. The van der Waals surface area contributed by atoms with Crippen molar-refractivity contribution in [1.82, 2.24) is 15.2 Å². The van der Waals surface area contributed by atoms with Gasteiger partial charge in [-0.3, -0.25) is 14.6 Å². The van der Waals surface area contributed by atoms with Gasteiger partial charge in [0.15, 0.2) is 5.78 Å². The van der Waals surface area contributed by atoms with Crippen molar-refractivity contribution in [1.29, 1.82) is 0 Å². The number of carboxylic acid groups (broad SMARTS) is 1. The highest BCUT2D eigenvalue weighted by Gasteiger charge is 2.30. The zero-order valence-corrected chi connectivity index (χ0v) is 10.1. The Bertz CT molecular complexity index is 503. The van der Waals surface area contributed by atoms with Crippen LogP contribution in [-0.2, 0) is 4.79 Å². The Labute approximate surface area is 109 Å². The molecular formula is C12H13N3O4. The molecular weight excluding hydrogens is 250 g/mol. The zero-order chi connectivity index (χ0) is 13.8. The summed E-state index contributed by atoms with van der Waals surface area (Å²) >= 11 is 0. The van der Waals surface area contributed by atoms with Crippen molar-refractivity contribution in [3.05, 3.63) is 30.1 Å². The van der Waals surface area contributed by atoms with E-state index in [-0.39, 0.29) is 31.0 Å². The van der Waals surface area contributed by atoms with Gasteiger partial charge in [-0.1, -0.05) is 6.07 Å². The minimum absolute atomic E-state index is 0.192. The number of nitrogens with zero attached hydrogens (tertiary/aromatic N) is 2. The van der Waals surface area contributed by atoms with Crippen LogP contribution in [0.5, 0.6) is 0 Å². The molecule has 0 radical (unpaired) electrons. The average Bonchev–Trinajstić information content (AvgIpc) is 2.41. The molecule has 1 aliphatic heterocycles. The van der Waals surface area contributed by atoms with E-state index in [2.05, 4.69) is 10.3 Å².